The highest BCUT2D eigenvalue weighted by Crippen LogP contribution is 2.24. The Morgan fingerprint density at radius 3 is 2.31 bits per heavy atom. The van der Waals surface area contributed by atoms with Crippen LogP contribution in [-0.4, -0.2) is 82.7 Å². The average molecular weight is 592 g/mol. The van der Waals surface area contributed by atoms with Crippen molar-refractivity contribution < 1.29 is 22.7 Å². The first kappa shape index (κ1) is 30.9. The minimum absolute atomic E-state index is 0.184. The highest BCUT2D eigenvalue weighted by atomic mass is 32.2. The van der Waals surface area contributed by atoms with Crippen LogP contribution >= 0.6 is 0 Å². The van der Waals surface area contributed by atoms with Gasteiger partial charge in [-0.25, -0.2) is 8.42 Å². The molecule has 0 radical (unpaired) electrons. The van der Waals surface area contributed by atoms with Gasteiger partial charge in [-0.15, -0.1) is 0 Å². The zero-order valence-corrected chi connectivity index (χ0v) is 24.6. The van der Waals surface area contributed by atoms with E-state index in [-0.39, 0.29) is 16.7 Å². The number of nitrogens with two attached hydrogens (primary N) is 1. The molecule has 0 saturated carbocycles. The highest BCUT2D eigenvalue weighted by molar-refractivity contribution is 7.90. The molecule has 1 aliphatic rings. The largest absolute Gasteiger partial charge is 0.397 e. The van der Waals surface area contributed by atoms with Crippen LogP contribution in [0.15, 0.2) is 83.8 Å². The van der Waals surface area contributed by atoms with Crippen molar-refractivity contribution >= 4 is 44.8 Å². The molecule has 42 heavy (non-hydrogen) atoms. The van der Waals surface area contributed by atoms with E-state index in [0.717, 1.165) is 37.0 Å². The van der Waals surface area contributed by atoms with Crippen LogP contribution in [0.1, 0.15) is 17.2 Å². The van der Waals surface area contributed by atoms with E-state index in [4.69, 9.17) is 10.5 Å². The molecule has 1 fully saturated rings. The molecule has 2 amide bonds. The van der Waals surface area contributed by atoms with Crippen molar-refractivity contribution in [3.63, 3.8) is 0 Å². The summed E-state index contributed by atoms with van der Waals surface area (Å²) in [7, 11) is -1.43. The standard InChI is InChI=1S/C31H37N5O5S/c1-35(17-18-36-19-21-41-22-20-36)30(31(38)33-25-12-14-26(15-13-25)42(2,39)40)24-10-7-23(8-11-24)9-16-29(37)34-28-6-4-3-5-27(28)32/h3-16,30H,17-22,32H2,1-2H3,(H,33,38)(H,34,37). The first-order valence-electron chi connectivity index (χ1n) is 13.6. The van der Waals surface area contributed by atoms with Gasteiger partial charge in [0, 0.05) is 44.2 Å². The molecule has 3 aromatic rings. The van der Waals surface area contributed by atoms with E-state index in [2.05, 4.69) is 15.5 Å². The number of carbonyl (C=O) groups is 2. The second kappa shape index (κ2) is 14.2. The molecule has 1 heterocycles. The molecule has 1 saturated heterocycles. The van der Waals surface area contributed by atoms with Crippen LogP contribution in [0, 0.1) is 0 Å². The van der Waals surface area contributed by atoms with Crippen LogP contribution in [0.4, 0.5) is 17.1 Å². The monoisotopic (exact) mass is 591 g/mol. The SMILES string of the molecule is CN(CCN1CCOCC1)C(C(=O)Nc1ccc(S(C)(=O)=O)cc1)c1ccc(C=CC(=O)Nc2ccccc2N)cc1. The van der Waals surface area contributed by atoms with Gasteiger partial charge in [-0.3, -0.25) is 19.4 Å². The van der Waals surface area contributed by atoms with Gasteiger partial charge in [-0.2, -0.15) is 0 Å². The molecule has 1 unspecified atom stereocenters. The number of likely N-dealkylation sites (N-methyl/N-ethyl adjacent to an activating group) is 1. The summed E-state index contributed by atoms with van der Waals surface area (Å²) >= 11 is 0. The fourth-order valence-corrected chi connectivity index (χ4v) is 5.23. The maximum absolute atomic E-state index is 13.6. The van der Waals surface area contributed by atoms with Gasteiger partial charge in [0.05, 0.1) is 29.5 Å². The molecule has 0 aliphatic carbocycles. The zero-order chi connectivity index (χ0) is 30.1. The number of hydrogen-bond donors (Lipinski definition) is 3. The lowest BCUT2D eigenvalue weighted by Crippen LogP contribution is -2.43. The van der Waals surface area contributed by atoms with E-state index in [9.17, 15) is 18.0 Å². The Morgan fingerprint density at radius 1 is 1.00 bits per heavy atom. The Labute approximate surface area is 247 Å². The number of nitrogens with zero attached hydrogens (tertiary/aromatic N) is 2. The number of nitrogen functional groups attached to an aromatic ring is 1. The summed E-state index contributed by atoms with van der Waals surface area (Å²) in [6.07, 6.45) is 4.27. The molecule has 3 aromatic carbocycles. The van der Waals surface area contributed by atoms with Crippen molar-refractivity contribution in [1.29, 1.82) is 0 Å². The molecule has 1 atom stereocenters. The second-order valence-corrected chi connectivity index (χ2v) is 12.2. The summed E-state index contributed by atoms with van der Waals surface area (Å²) in [6, 6.07) is 20.0. The van der Waals surface area contributed by atoms with E-state index < -0.39 is 15.9 Å². The van der Waals surface area contributed by atoms with Crippen molar-refractivity contribution in [3.05, 3.63) is 90.0 Å². The maximum atomic E-state index is 13.6. The third kappa shape index (κ3) is 8.73. The number of sulfone groups is 1. The molecular formula is C31H37N5O5S. The number of carbonyl (C=O) groups excluding carboxylic acids is 2. The van der Waals surface area contributed by atoms with Crippen molar-refractivity contribution in [3.8, 4) is 0 Å². The quantitative estimate of drug-likeness (QED) is 0.229. The summed E-state index contributed by atoms with van der Waals surface area (Å²) in [6.45, 7) is 4.53. The number of rotatable bonds is 11. The molecule has 1 aliphatic heterocycles. The Morgan fingerprint density at radius 2 is 1.67 bits per heavy atom. The van der Waals surface area contributed by atoms with Gasteiger partial charge < -0.3 is 21.1 Å². The zero-order valence-electron chi connectivity index (χ0n) is 23.8. The normalized spacial score (nSPS) is 15.0. The van der Waals surface area contributed by atoms with Crippen LogP contribution in [0.5, 0.6) is 0 Å². The van der Waals surface area contributed by atoms with Gasteiger partial charge in [0.2, 0.25) is 11.8 Å². The molecule has 222 valence electrons. The third-order valence-corrected chi connectivity index (χ3v) is 8.14. The van der Waals surface area contributed by atoms with Crippen LogP contribution in [-0.2, 0) is 24.2 Å². The number of nitrogens with one attached hydrogen (secondary N) is 2. The molecule has 0 bridgehead atoms. The predicted octanol–water partition coefficient (Wildman–Crippen LogP) is 3.27. The van der Waals surface area contributed by atoms with Gasteiger partial charge >= 0.3 is 0 Å². The van der Waals surface area contributed by atoms with Crippen LogP contribution in [0.3, 0.4) is 0 Å². The van der Waals surface area contributed by atoms with Crippen LogP contribution < -0.4 is 16.4 Å². The van der Waals surface area contributed by atoms with Gasteiger partial charge in [-0.1, -0.05) is 36.4 Å². The van der Waals surface area contributed by atoms with Gasteiger partial charge in [-0.05, 0) is 60.6 Å². The summed E-state index contributed by atoms with van der Waals surface area (Å²) < 4.78 is 29.1. The lowest BCUT2D eigenvalue weighted by atomic mass is 10.0. The van der Waals surface area contributed by atoms with Gasteiger partial charge in [0.25, 0.3) is 0 Å². The molecule has 10 nitrogen and oxygen atoms in total. The highest BCUT2D eigenvalue weighted by Gasteiger charge is 2.26. The first-order valence-corrected chi connectivity index (χ1v) is 15.5. The first-order chi connectivity index (χ1) is 20.1. The Kier molecular flexibility index (Phi) is 10.5. The molecule has 4 N–H and O–H groups in total. The summed E-state index contributed by atoms with van der Waals surface area (Å²) in [5.74, 6) is -0.548. The van der Waals surface area contributed by atoms with Gasteiger partial charge in [0.15, 0.2) is 9.84 Å². The number of ether oxygens (including phenoxy) is 1. The predicted molar refractivity (Wildman–Crippen MR) is 166 cm³/mol. The number of amides is 2. The number of morpholine rings is 1. The lowest BCUT2D eigenvalue weighted by molar-refractivity contribution is -0.121. The number of benzene rings is 3. The Balaban J connectivity index is 1.48. The fourth-order valence-electron chi connectivity index (χ4n) is 4.60. The van der Waals surface area contributed by atoms with Crippen molar-refractivity contribution in [1.82, 2.24) is 9.80 Å². The topological polar surface area (TPSA) is 134 Å². The van der Waals surface area contributed by atoms with Crippen LogP contribution in [0.25, 0.3) is 6.08 Å². The average Bonchev–Trinajstić information content (AvgIpc) is 2.97. The molecule has 11 heteroatoms. The molecular weight excluding hydrogens is 554 g/mol. The van der Waals surface area contributed by atoms with E-state index in [1.54, 1.807) is 42.5 Å². The minimum atomic E-state index is -3.34. The number of anilines is 3. The Hall–Kier alpha value is -4.03. The van der Waals surface area contributed by atoms with Gasteiger partial charge in [0.1, 0.15) is 6.04 Å². The van der Waals surface area contributed by atoms with E-state index >= 15 is 0 Å². The summed E-state index contributed by atoms with van der Waals surface area (Å²) in [4.78, 5) is 30.5. The maximum Gasteiger partial charge on any atom is 0.248 e. The smallest absolute Gasteiger partial charge is 0.248 e. The van der Waals surface area contributed by atoms with Crippen molar-refractivity contribution in [2.75, 3.05) is 69.1 Å². The van der Waals surface area contributed by atoms with Crippen molar-refractivity contribution in [2.45, 2.75) is 10.9 Å². The lowest BCUT2D eigenvalue weighted by Gasteiger charge is -2.32. The molecule has 0 spiro atoms. The second-order valence-electron chi connectivity index (χ2n) is 10.2. The molecule has 4 rings (SSSR count). The van der Waals surface area contributed by atoms with Crippen LogP contribution in [0.2, 0.25) is 0 Å². The number of hydrogen-bond acceptors (Lipinski definition) is 8. The Bertz CT molecular complexity index is 1500. The van der Waals surface area contributed by atoms with E-state index in [1.807, 2.05) is 36.2 Å². The summed E-state index contributed by atoms with van der Waals surface area (Å²) in [5, 5.41) is 5.69. The molecule has 0 aromatic heterocycles. The van der Waals surface area contributed by atoms with E-state index in [0.29, 0.717) is 36.8 Å². The minimum Gasteiger partial charge on any atom is -0.397 e. The third-order valence-electron chi connectivity index (χ3n) is 7.01. The summed E-state index contributed by atoms with van der Waals surface area (Å²) in [5.41, 5.74) is 9.00. The number of para-hydroxylation sites is 2. The fraction of sp³-hybridized carbons (Fsp3) is 0.290. The van der Waals surface area contributed by atoms with Crippen molar-refractivity contribution in [2.24, 2.45) is 0 Å². The van der Waals surface area contributed by atoms with E-state index in [1.165, 1.54) is 18.2 Å².